The number of halogens is 1. The molecule has 326 valence electrons. The summed E-state index contributed by atoms with van der Waals surface area (Å²) in [4.78, 5) is 48.0. The van der Waals surface area contributed by atoms with Crippen LogP contribution in [0.2, 0.25) is 5.15 Å². The number of aryl methyl sites for hydroxylation is 1. The number of hydrogen-bond donors (Lipinski definition) is 4. The Labute approximate surface area is 352 Å². The number of fused-ring (bicyclic) bond motifs is 2. The number of ether oxygens (including phenoxy) is 4. The van der Waals surface area contributed by atoms with E-state index in [1.807, 2.05) is 11.6 Å². The van der Waals surface area contributed by atoms with Gasteiger partial charge in [-0.15, -0.1) is 0 Å². The van der Waals surface area contributed by atoms with Crippen LogP contribution in [0.4, 0.5) is 21.5 Å². The fourth-order valence-corrected chi connectivity index (χ4v) is 9.16. The number of nitrogens with zero attached hydrogens (tertiary/aromatic N) is 9. The summed E-state index contributed by atoms with van der Waals surface area (Å²) in [5.74, 6) is -0.584. The quantitative estimate of drug-likeness (QED) is 0.121. The Bertz CT molecular complexity index is 2900. The summed E-state index contributed by atoms with van der Waals surface area (Å²) in [6.07, 6.45) is 2.77. The van der Waals surface area contributed by atoms with Crippen LogP contribution in [-0.4, -0.2) is 115 Å². The molecule has 0 aliphatic heterocycles. The molecule has 0 saturated carbocycles. The molecule has 6 heterocycles. The van der Waals surface area contributed by atoms with Crippen molar-refractivity contribution >= 4 is 76.7 Å². The highest BCUT2D eigenvalue weighted by Crippen LogP contribution is 2.25. The first-order chi connectivity index (χ1) is 28.9. The summed E-state index contributed by atoms with van der Waals surface area (Å²) in [5, 5.41) is 6.45. The number of nitrogens with one attached hydrogen (secondary N) is 4. The smallest absolute Gasteiger partial charge is 0.335 e. The van der Waals surface area contributed by atoms with Gasteiger partial charge in [0, 0.05) is 6.20 Å². The first-order valence-electron chi connectivity index (χ1n) is 17.2. The van der Waals surface area contributed by atoms with Gasteiger partial charge in [0.2, 0.25) is 40.4 Å². The number of imidazole rings is 2. The molecular weight excluding hydrogens is 890 g/mol. The second-order valence-electron chi connectivity index (χ2n) is 11.8. The lowest BCUT2D eigenvalue weighted by atomic mass is 10.2. The van der Waals surface area contributed by atoms with Crippen LogP contribution < -0.4 is 39.0 Å². The van der Waals surface area contributed by atoms with Crippen LogP contribution in [0.3, 0.4) is 0 Å². The van der Waals surface area contributed by atoms with Crippen molar-refractivity contribution in [3.05, 3.63) is 59.5 Å². The Morgan fingerprint density at radius 1 is 0.672 bits per heavy atom. The Kier molecular flexibility index (Phi) is 14.0. The Morgan fingerprint density at radius 3 is 1.66 bits per heavy atom. The van der Waals surface area contributed by atoms with Crippen LogP contribution in [-0.2, 0) is 36.3 Å². The predicted octanol–water partition coefficient (Wildman–Crippen LogP) is 2.10. The summed E-state index contributed by atoms with van der Waals surface area (Å²) in [6, 6.07) is 8.19. The predicted molar refractivity (Wildman–Crippen MR) is 214 cm³/mol. The van der Waals surface area contributed by atoms with Crippen LogP contribution in [0.5, 0.6) is 23.5 Å². The van der Waals surface area contributed by atoms with Crippen molar-refractivity contribution in [3.63, 3.8) is 0 Å². The molecule has 0 aromatic carbocycles. The first-order valence-corrected chi connectivity index (χ1v) is 22.2. The van der Waals surface area contributed by atoms with Gasteiger partial charge in [0.05, 0.1) is 52.0 Å². The van der Waals surface area contributed by atoms with Gasteiger partial charge in [0.15, 0.2) is 30.7 Å². The lowest BCUT2D eigenvalue weighted by Gasteiger charge is -2.10. The highest BCUT2D eigenvalue weighted by Gasteiger charge is 2.33. The van der Waals surface area contributed by atoms with Gasteiger partial charge in [-0.25, -0.2) is 37.4 Å². The molecule has 0 atom stereocenters. The van der Waals surface area contributed by atoms with Crippen LogP contribution in [0, 0.1) is 0 Å². The van der Waals surface area contributed by atoms with Gasteiger partial charge in [-0.1, -0.05) is 37.9 Å². The number of sulfone groups is 1. The first kappa shape index (κ1) is 45.4. The number of sulfonamides is 2. The minimum absolute atomic E-state index is 0.0584. The van der Waals surface area contributed by atoms with Crippen LogP contribution >= 0.6 is 11.6 Å². The number of aromatic nitrogens is 9. The molecule has 0 unspecified atom stereocenters. The molecule has 0 aliphatic carbocycles. The standard InChI is InChI=1S/C16H18ClN7O5S.C16H18N6O7S2/c1-4-5-9-6-7-10-18-13(17)14(24(10)22-9)30(26,27)23-16(25)21-15-19-11(28-2)8-12(20-15)29-3;1-4-30(24,25)13-14(22-8-6-5-7-10(22)17-13)31(26,27)21-16(23)20-15-18-11(28-2)9-12(19-15)29-3/h6-8H,4-5H2,1-3H3,(H2,19,20,21,23,25);5-9H,4H2,1-3H3,(H2,18,19,20,21,23). The highest BCUT2D eigenvalue weighted by molar-refractivity contribution is 7.93. The van der Waals surface area contributed by atoms with E-state index in [-0.39, 0.29) is 57.6 Å². The second kappa shape index (κ2) is 18.7. The van der Waals surface area contributed by atoms with Crippen molar-refractivity contribution in [2.75, 3.05) is 44.8 Å². The van der Waals surface area contributed by atoms with Gasteiger partial charge in [-0.2, -0.15) is 46.4 Å². The van der Waals surface area contributed by atoms with Gasteiger partial charge in [0.1, 0.15) is 5.65 Å². The third-order valence-electron chi connectivity index (χ3n) is 7.70. The molecule has 0 bridgehead atoms. The van der Waals surface area contributed by atoms with Crippen LogP contribution in [0.25, 0.3) is 11.3 Å². The summed E-state index contributed by atoms with van der Waals surface area (Å²) < 4.78 is 102. The van der Waals surface area contributed by atoms with Crippen LogP contribution in [0.1, 0.15) is 26.0 Å². The molecule has 0 aliphatic rings. The van der Waals surface area contributed by atoms with E-state index in [4.69, 9.17) is 30.5 Å². The second-order valence-corrected chi connectivity index (χ2v) is 17.5. The van der Waals surface area contributed by atoms with E-state index in [2.05, 4.69) is 45.6 Å². The molecule has 4 amide bonds. The molecule has 29 heteroatoms. The van der Waals surface area contributed by atoms with Crippen molar-refractivity contribution in [2.24, 2.45) is 0 Å². The fourth-order valence-electron chi connectivity index (χ4n) is 5.01. The number of methoxy groups -OCH3 is 4. The Morgan fingerprint density at radius 2 is 1.18 bits per heavy atom. The SMILES string of the molecule is CCCc1ccc2nc(Cl)c(S(=O)(=O)NC(=O)Nc3nc(OC)cc(OC)n3)n2n1.CCS(=O)(=O)c1nc2ccccn2c1S(=O)(=O)NC(=O)Nc1nc(OC)cc(OC)n1. The third-order valence-corrected chi connectivity index (χ3v) is 12.5. The van der Waals surface area contributed by atoms with Gasteiger partial charge in [-0.05, 0) is 30.7 Å². The number of carbonyl (C=O) groups excluding carboxylic acids is 2. The number of hydrogen-bond acceptors (Lipinski definition) is 19. The third kappa shape index (κ3) is 10.6. The molecule has 0 fully saturated rings. The molecule has 25 nitrogen and oxygen atoms in total. The topological polar surface area (TPSA) is 321 Å². The number of anilines is 2. The Balaban J connectivity index is 0.000000231. The van der Waals surface area contributed by atoms with Gasteiger partial charge in [0.25, 0.3) is 20.0 Å². The summed E-state index contributed by atoms with van der Waals surface area (Å²) in [7, 11) is -7.75. The molecule has 61 heavy (non-hydrogen) atoms. The lowest BCUT2D eigenvalue weighted by Crippen LogP contribution is -2.36. The van der Waals surface area contributed by atoms with Crippen LogP contribution in [0.15, 0.2) is 63.7 Å². The normalized spacial score (nSPS) is 11.6. The zero-order valence-corrected chi connectivity index (χ0v) is 36.0. The van der Waals surface area contributed by atoms with Crippen molar-refractivity contribution in [2.45, 2.75) is 41.8 Å². The molecule has 0 saturated heterocycles. The van der Waals surface area contributed by atoms with Gasteiger partial charge in [-0.3, -0.25) is 15.0 Å². The monoisotopic (exact) mass is 925 g/mol. The highest BCUT2D eigenvalue weighted by atomic mass is 35.5. The maximum Gasteiger partial charge on any atom is 0.335 e. The molecule has 6 aromatic heterocycles. The van der Waals surface area contributed by atoms with Crippen molar-refractivity contribution in [1.82, 2.24) is 53.4 Å². The van der Waals surface area contributed by atoms with E-state index in [0.717, 1.165) is 15.3 Å². The number of urea groups is 2. The summed E-state index contributed by atoms with van der Waals surface area (Å²) in [6.45, 7) is 3.31. The molecule has 0 radical (unpaired) electrons. The van der Waals surface area contributed by atoms with E-state index in [0.29, 0.717) is 12.1 Å². The molecule has 4 N–H and O–H groups in total. The summed E-state index contributed by atoms with van der Waals surface area (Å²) >= 11 is 6.02. The number of pyridine rings is 1. The maximum atomic E-state index is 13.0. The average Bonchev–Trinajstić information content (AvgIpc) is 3.79. The van der Waals surface area contributed by atoms with E-state index >= 15 is 0 Å². The van der Waals surface area contributed by atoms with E-state index < -0.39 is 57.0 Å². The largest absolute Gasteiger partial charge is 0.481 e. The fraction of sp³-hybridized carbons (Fsp3) is 0.281. The molecule has 6 aromatic rings. The zero-order chi connectivity index (χ0) is 44.7. The average molecular weight is 926 g/mol. The number of rotatable bonds is 14. The maximum absolute atomic E-state index is 13.0. The van der Waals surface area contributed by atoms with E-state index in [1.54, 1.807) is 22.9 Å². The minimum Gasteiger partial charge on any atom is -0.481 e. The zero-order valence-electron chi connectivity index (χ0n) is 32.8. The van der Waals surface area contributed by atoms with Crippen molar-refractivity contribution in [1.29, 1.82) is 0 Å². The molecular formula is C32H36ClN13O12S3. The van der Waals surface area contributed by atoms with Gasteiger partial charge >= 0.3 is 12.1 Å². The molecule has 0 spiro atoms. The molecule has 6 rings (SSSR count). The minimum atomic E-state index is -4.68. The Hall–Kier alpha value is -6.65. The van der Waals surface area contributed by atoms with E-state index in [1.165, 1.54) is 65.8 Å². The number of carbonyl (C=O) groups is 2. The van der Waals surface area contributed by atoms with E-state index in [9.17, 15) is 34.8 Å². The van der Waals surface area contributed by atoms with Crippen molar-refractivity contribution < 1.29 is 53.8 Å². The number of amides is 4. The lowest BCUT2D eigenvalue weighted by molar-refractivity contribution is 0.255. The van der Waals surface area contributed by atoms with Crippen molar-refractivity contribution in [3.8, 4) is 23.5 Å². The summed E-state index contributed by atoms with van der Waals surface area (Å²) in [5.41, 5.74) is 0.953. The van der Waals surface area contributed by atoms with Gasteiger partial charge < -0.3 is 18.9 Å².